The van der Waals surface area contributed by atoms with Crippen molar-refractivity contribution >= 4 is 21.8 Å². The third-order valence-corrected chi connectivity index (χ3v) is 3.80. The zero-order valence-corrected chi connectivity index (χ0v) is 14.4. The van der Waals surface area contributed by atoms with E-state index in [2.05, 4.69) is 47.1 Å². The maximum absolute atomic E-state index is 12.4. The number of hydrogen-bond acceptors (Lipinski definition) is 2. The lowest BCUT2D eigenvalue weighted by Gasteiger charge is -2.12. The lowest BCUT2D eigenvalue weighted by molar-refractivity contribution is 0.0940. The summed E-state index contributed by atoms with van der Waals surface area (Å²) in [6.07, 6.45) is 4.75. The Hall–Kier alpha value is -1.56. The van der Waals surface area contributed by atoms with E-state index in [1.165, 1.54) is 0 Å². The number of hydrogen-bond donors (Lipinski definition) is 1. The summed E-state index contributed by atoms with van der Waals surface area (Å²) in [5.41, 5.74) is 2.76. The number of carbonyl (C=O) groups excluding carboxylic acids is 1. The van der Waals surface area contributed by atoms with Gasteiger partial charge in [0.1, 0.15) is 5.69 Å². The van der Waals surface area contributed by atoms with Gasteiger partial charge in [-0.1, -0.05) is 6.92 Å². The summed E-state index contributed by atoms with van der Waals surface area (Å²) in [4.78, 5) is 12.4. The molecule has 0 aliphatic rings. The Balaban J connectivity index is 2.11. The molecule has 0 bridgehead atoms. The number of rotatable bonds is 5. The fraction of sp³-hybridized carbons (Fsp3) is 0.467. The number of nitrogens with zero attached hydrogens (tertiary/aromatic N) is 3. The number of aryl methyl sites for hydroxylation is 2. The van der Waals surface area contributed by atoms with Crippen LogP contribution in [0.1, 0.15) is 48.6 Å². The summed E-state index contributed by atoms with van der Waals surface area (Å²) in [6.45, 7) is 6.67. The summed E-state index contributed by atoms with van der Waals surface area (Å²) < 4.78 is 4.66. The van der Waals surface area contributed by atoms with Crippen LogP contribution in [0.5, 0.6) is 0 Å². The molecule has 5 nitrogen and oxygen atoms in total. The molecule has 0 atom stereocenters. The maximum Gasteiger partial charge on any atom is 0.268 e. The van der Waals surface area contributed by atoms with Gasteiger partial charge in [-0.3, -0.25) is 9.48 Å². The Bertz CT molecular complexity index is 642. The van der Waals surface area contributed by atoms with Crippen molar-refractivity contribution in [2.24, 2.45) is 7.05 Å². The van der Waals surface area contributed by atoms with E-state index in [1.807, 2.05) is 30.1 Å². The fourth-order valence-electron chi connectivity index (χ4n) is 2.35. The van der Waals surface area contributed by atoms with Crippen LogP contribution < -0.4 is 5.32 Å². The zero-order valence-electron chi connectivity index (χ0n) is 12.9. The van der Waals surface area contributed by atoms with Crippen LogP contribution in [0.3, 0.4) is 0 Å². The SMILES string of the molecule is CCc1nn(C)cc1CNC(=O)c1cc(Br)cn1C(C)C. The molecule has 6 heteroatoms. The number of aromatic nitrogens is 3. The van der Waals surface area contributed by atoms with Gasteiger partial charge >= 0.3 is 0 Å². The molecule has 2 rings (SSSR count). The average molecular weight is 353 g/mol. The molecule has 0 aliphatic carbocycles. The molecule has 2 heterocycles. The molecule has 114 valence electrons. The van der Waals surface area contributed by atoms with Gasteiger partial charge in [-0.05, 0) is 42.3 Å². The Morgan fingerprint density at radius 3 is 2.76 bits per heavy atom. The van der Waals surface area contributed by atoms with Crippen molar-refractivity contribution in [3.8, 4) is 0 Å². The minimum Gasteiger partial charge on any atom is -0.347 e. The molecule has 0 radical (unpaired) electrons. The maximum atomic E-state index is 12.4. The van der Waals surface area contributed by atoms with Gasteiger partial charge in [0.25, 0.3) is 5.91 Å². The van der Waals surface area contributed by atoms with Gasteiger partial charge < -0.3 is 9.88 Å². The first-order chi connectivity index (χ1) is 9.92. The van der Waals surface area contributed by atoms with Crippen LogP contribution in [0.4, 0.5) is 0 Å². The smallest absolute Gasteiger partial charge is 0.268 e. The highest BCUT2D eigenvalue weighted by Crippen LogP contribution is 2.19. The molecule has 2 aromatic rings. The van der Waals surface area contributed by atoms with Crippen LogP contribution in [-0.2, 0) is 20.0 Å². The van der Waals surface area contributed by atoms with Gasteiger partial charge in [0.05, 0.1) is 5.69 Å². The van der Waals surface area contributed by atoms with Crippen molar-refractivity contribution in [2.75, 3.05) is 0 Å². The topological polar surface area (TPSA) is 51.9 Å². The molecule has 2 aromatic heterocycles. The van der Waals surface area contributed by atoms with Crippen molar-refractivity contribution in [2.45, 2.75) is 39.8 Å². The van der Waals surface area contributed by atoms with E-state index in [0.717, 1.165) is 22.2 Å². The average Bonchev–Trinajstić information content (AvgIpc) is 2.98. The van der Waals surface area contributed by atoms with E-state index < -0.39 is 0 Å². The van der Waals surface area contributed by atoms with Crippen molar-refractivity contribution < 1.29 is 4.79 Å². The summed E-state index contributed by atoms with van der Waals surface area (Å²) in [5.74, 6) is -0.0692. The lowest BCUT2D eigenvalue weighted by atomic mass is 10.2. The van der Waals surface area contributed by atoms with Crippen LogP contribution in [0.2, 0.25) is 0 Å². The number of nitrogens with one attached hydrogen (secondary N) is 1. The first-order valence-electron chi connectivity index (χ1n) is 7.09. The zero-order chi connectivity index (χ0) is 15.6. The molecule has 0 saturated carbocycles. The molecule has 1 N–H and O–H groups in total. The van der Waals surface area contributed by atoms with E-state index in [1.54, 1.807) is 4.68 Å². The first-order valence-corrected chi connectivity index (χ1v) is 7.88. The molecular weight excluding hydrogens is 332 g/mol. The monoisotopic (exact) mass is 352 g/mol. The van der Waals surface area contributed by atoms with Crippen LogP contribution in [-0.4, -0.2) is 20.3 Å². The number of amides is 1. The van der Waals surface area contributed by atoms with E-state index in [0.29, 0.717) is 12.2 Å². The lowest BCUT2D eigenvalue weighted by Crippen LogP contribution is -2.26. The molecule has 0 fully saturated rings. The van der Waals surface area contributed by atoms with E-state index in [4.69, 9.17) is 0 Å². The van der Waals surface area contributed by atoms with Crippen molar-refractivity contribution in [3.63, 3.8) is 0 Å². The van der Waals surface area contributed by atoms with Crippen molar-refractivity contribution in [3.05, 3.63) is 39.9 Å². The molecule has 1 amide bonds. The Kier molecular flexibility index (Phi) is 4.88. The molecular formula is C15H21BrN4O. The molecule has 0 spiro atoms. The van der Waals surface area contributed by atoms with E-state index in [-0.39, 0.29) is 11.9 Å². The minimum absolute atomic E-state index is 0.0692. The molecule has 21 heavy (non-hydrogen) atoms. The largest absolute Gasteiger partial charge is 0.347 e. The van der Waals surface area contributed by atoms with Crippen molar-refractivity contribution in [1.29, 1.82) is 0 Å². The second kappa shape index (κ2) is 6.47. The fourth-order valence-corrected chi connectivity index (χ4v) is 2.79. The van der Waals surface area contributed by atoms with E-state index >= 15 is 0 Å². The predicted molar refractivity (Wildman–Crippen MR) is 86.3 cm³/mol. The van der Waals surface area contributed by atoms with Crippen LogP contribution in [0.25, 0.3) is 0 Å². The molecule has 0 saturated heterocycles. The highest BCUT2D eigenvalue weighted by Gasteiger charge is 2.15. The van der Waals surface area contributed by atoms with E-state index in [9.17, 15) is 4.79 Å². The van der Waals surface area contributed by atoms with Crippen LogP contribution >= 0.6 is 15.9 Å². The predicted octanol–water partition coefficient (Wildman–Crippen LogP) is 3.06. The summed E-state index contributed by atoms with van der Waals surface area (Å²) >= 11 is 3.43. The molecule has 0 aromatic carbocycles. The van der Waals surface area contributed by atoms with Crippen LogP contribution in [0, 0.1) is 0 Å². The summed E-state index contributed by atoms with van der Waals surface area (Å²) in [7, 11) is 1.89. The van der Waals surface area contributed by atoms with Gasteiger partial charge in [-0.25, -0.2) is 0 Å². The van der Waals surface area contributed by atoms with Gasteiger partial charge in [-0.2, -0.15) is 5.10 Å². The van der Waals surface area contributed by atoms with Gasteiger partial charge in [0.15, 0.2) is 0 Å². The molecule has 0 unspecified atom stereocenters. The normalized spacial score (nSPS) is 11.1. The number of carbonyl (C=O) groups is 1. The highest BCUT2D eigenvalue weighted by atomic mass is 79.9. The minimum atomic E-state index is -0.0692. The van der Waals surface area contributed by atoms with Crippen molar-refractivity contribution in [1.82, 2.24) is 19.7 Å². The Morgan fingerprint density at radius 2 is 2.14 bits per heavy atom. The second-order valence-corrected chi connectivity index (χ2v) is 6.27. The third-order valence-electron chi connectivity index (χ3n) is 3.37. The highest BCUT2D eigenvalue weighted by molar-refractivity contribution is 9.10. The van der Waals surface area contributed by atoms with Gasteiger partial charge in [0, 0.05) is 42.1 Å². The first kappa shape index (κ1) is 15.8. The Labute approximate surface area is 133 Å². The molecule has 0 aliphatic heterocycles. The van der Waals surface area contributed by atoms with Gasteiger partial charge in [-0.15, -0.1) is 0 Å². The standard InChI is InChI=1S/C15H21BrN4O/c1-5-13-11(8-19(4)18-13)7-17-15(21)14-6-12(16)9-20(14)10(2)3/h6,8-10H,5,7H2,1-4H3,(H,17,21). The van der Waals surface area contributed by atoms with Crippen LogP contribution in [0.15, 0.2) is 22.9 Å². The van der Waals surface area contributed by atoms with Gasteiger partial charge in [0.2, 0.25) is 0 Å². The third kappa shape index (κ3) is 3.56. The second-order valence-electron chi connectivity index (χ2n) is 5.36. The summed E-state index contributed by atoms with van der Waals surface area (Å²) in [5, 5.41) is 7.36. The number of halogens is 1. The summed E-state index contributed by atoms with van der Waals surface area (Å²) in [6, 6.07) is 2.08. The quantitative estimate of drug-likeness (QED) is 0.898. The Morgan fingerprint density at radius 1 is 1.43 bits per heavy atom.